The standard InChI is InChI=1S/C26H32O4/c1-26(2,3)22-14-12-19(13-15-22)18-8-10-20(11-9-18)23(25(29)30)16-17-4-6-21(7-5-17)24(27)28/h4-11,19,22-23H,12-16H2,1-3H3,(H,27,28)(H,29,30)/t19-,22+,23?. The summed E-state index contributed by atoms with van der Waals surface area (Å²) >= 11 is 0. The largest absolute Gasteiger partial charge is 0.481 e. The van der Waals surface area contributed by atoms with Gasteiger partial charge in [0.1, 0.15) is 0 Å². The summed E-state index contributed by atoms with van der Waals surface area (Å²) in [5.74, 6) is -1.16. The van der Waals surface area contributed by atoms with Crippen molar-refractivity contribution < 1.29 is 19.8 Å². The molecule has 2 N–H and O–H groups in total. The molecule has 0 saturated heterocycles. The Labute approximate surface area is 179 Å². The van der Waals surface area contributed by atoms with Crippen LogP contribution in [0.2, 0.25) is 0 Å². The van der Waals surface area contributed by atoms with Gasteiger partial charge >= 0.3 is 11.9 Å². The Morgan fingerprint density at radius 1 is 0.900 bits per heavy atom. The van der Waals surface area contributed by atoms with Crippen LogP contribution in [0.1, 0.15) is 85.3 Å². The lowest BCUT2D eigenvalue weighted by atomic mass is 9.68. The first kappa shape index (κ1) is 22.1. The maximum atomic E-state index is 11.9. The SMILES string of the molecule is CC(C)(C)[C@H]1CC[C@@H](c2ccc(C(Cc3ccc(C(=O)O)cc3)C(=O)O)cc2)CC1. The quantitative estimate of drug-likeness (QED) is 0.604. The van der Waals surface area contributed by atoms with E-state index in [1.165, 1.54) is 43.4 Å². The Kier molecular flexibility index (Phi) is 6.64. The number of hydrogen-bond acceptors (Lipinski definition) is 2. The van der Waals surface area contributed by atoms with Crippen molar-refractivity contribution in [2.45, 2.75) is 64.7 Å². The van der Waals surface area contributed by atoms with Crippen molar-refractivity contribution in [3.8, 4) is 0 Å². The molecule has 1 atom stereocenters. The second-order valence-electron chi connectivity index (χ2n) is 9.68. The van der Waals surface area contributed by atoms with Crippen LogP contribution in [0, 0.1) is 11.3 Å². The van der Waals surface area contributed by atoms with Crippen LogP contribution in [0.4, 0.5) is 0 Å². The van der Waals surface area contributed by atoms with E-state index in [0.29, 0.717) is 17.8 Å². The fourth-order valence-corrected chi connectivity index (χ4v) is 4.66. The van der Waals surface area contributed by atoms with E-state index in [4.69, 9.17) is 5.11 Å². The number of rotatable bonds is 6. The summed E-state index contributed by atoms with van der Waals surface area (Å²) in [6, 6.07) is 14.5. The summed E-state index contributed by atoms with van der Waals surface area (Å²) in [6.07, 6.45) is 5.23. The Hall–Kier alpha value is -2.62. The summed E-state index contributed by atoms with van der Waals surface area (Å²) in [7, 11) is 0. The van der Waals surface area contributed by atoms with E-state index in [2.05, 4.69) is 32.9 Å². The molecule has 3 rings (SSSR count). The third-order valence-corrected chi connectivity index (χ3v) is 6.70. The maximum absolute atomic E-state index is 11.9. The summed E-state index contributed by atoms with van der Waals surface area (Å²) in [5, 5.41) is 18.8. The molecule has 30 heavy (non-hydrogen) atoms. The molecule has 4 nitrogen and oxygen atoms in total. The first-order valence-electron chi connectivity index (χ1n) is 10.8. The lowest BCUT2D eigenvalue weighted by Gasteiger charge is -2.37. The third kappa shape index (κ3) is 5.29. The number of carboxylic acids is 2. The van der Waals surface area contributed by atoms with Crippen LogP contribution in [-0.2, 0) is 11.2 Å². The third-order valence-electron chi connectivity index (χ3n) is 6.70. The molecule has 4 heteroatoms. The number of carbonyl (C=O) groups is 2. The summed E-state index contributed by atoms with van der Waals surface area (Å²) in [5.41, 5.74) is 3.48. The van der Waals surface area contributed by atoms with Crippen molar-refractivity contribution in [1.29, 1.82) is 0 Å². The molecule has 0 spiro atoms. The normalized spacial score (nSPS) is 20.5. The predicted molar refractivity (Wildman–Crippen MR) is 118 cm³/mol. The van der Waals surface area contributed by atoms with Gasteiger partial charge in [0.05, 0.1) is 11.5 Å². The van der Waals surface area contributed by atoms with E-state index < -0.39 is 17.9 Å². The van der Waals surface area contributed by atoms with E-state index in [1.807, 2.05) is 12.1 Å². The van der Waals surface area contributed by atoms with Crippen LogP contribution in [-0.4, -0.2) is 22.2 Å². The molecule has 1 unspecified atom stereocenters. The molecule has 0 aromatic heterocycles. The molecule has 0 amide bonds. The molecule has 1 aliphatic carbocycles. The first-order chi connectivity index (χ1) is 14.1. The van der Waals surface area contributed by atoms with E-state index in [-0.39, 0.29) is 5.56 Å². The first-order valence-corrected chi connectivity index (χ1v) is 10.8. The van der Waals surface area contributed by atoms with Gasteiger partial charge in [0.15, 0.2) is 0 Å². The molecule has 0 bridgehead atoms. The van der Waals surface area contributed by atoms with Crippen LogP contribution < -0.4 is 0 Å². The zero-order valence-corrected chi connectivity index (χ0v) is 18.1. The molecule has 2 aromatic rings. The molecule has 160 valence electrons. The summed E-state index contributed by atoms with van der Waals surface area (Å²) < 4.78 is 0. The molecule has 1 saturated carbocycles. The minimum Gasteiger partial charge on any atom is -0.481 e. The van der Waals surface area contributed by atoms with Gasteiger partial charge in [0, 0.05) is 0 Å². The molecule has 0 radical (unpaired) electrons. The van der Waals surface area contributed by atoms with Crippen molar-refractivity contribution in [1.82, 2.24) is 0 Å². The van der Waals surface area contributed by atoms with Crippen LogP contribution in [0.5, 0.6) is 0 Å². The van der Waals surface area contributed by atoms with Crippen molar-refractivity contribution >= 4 is 11.9 Å². The fourth-order valence-electron chi connectivity index (χ4n) is 4.66. The second kappa shape index (κ2) is 9.03. The monoisotopic (exact) mass is 408 g/mol. The molecule has 1 fully saturated rings. The van der Waals surface area contributed by atoms with Crippen molar-refractivity contribution in [2.75, 3.05) is 0 Å². The van der Waals surface area contributed by atoms with Gasteiger partial charge in [-0.25, -0.2) is 4.79 Å². The van der Waals surface area contributed by atoms with Gasteiger partial charge in [0.2, 0.25) is 0 Å². The van der Waals surface area contributed by atoms with Gasteiger partial charge in [-0.2, -0.15) is 0 Å². The van der Waals surface area contributed by atoms with Gasteiger partial charge in [-0.3, -0.25) is 4.79 Å². The highest BCUT2D eigenvalue weighted by atomic mass is 16.4. The average Bonchev–Trinajstić information content (AvgIpc) is 2.72. The van der Waals surface area contributed by atoms with Crippen LogP contribution in [0.3, 0.4) is 0 Å². The van der Waals surface area contributed by atoms with E-state index in [1.54, 1.807) is 12.1 Å². The number of aliphatic carboxylic acids is 1. The van der Waals surface area contributed by atoms with Gasteiger partial charge in [-0.1, -0.05) is 57.2 Å². The number of aromatic carboxylic acids is 1. The molecule has 1 aliphatic rings. The number of hydrogen-bond donors (Lipinski definition) is 2. The Morgan fingerprint density at radius 3 is 1.93 bits per heavy atom. The number of benzene rings is 2. The molecular weight excluding hydrogens is 376 g/mol. The molecule has 0 aliphatic heterocycles. The summed E-state index contributed by atoms with van der Waals surface area (Å²) in [4.78, 5) is 22.9. The highest BCUT2D eigenvalue weighted by molar-refractivity contribution is 5.87. The lowest BCUT2D eigenvalue weighted by Crippen LogP contribution is -2.25. The zero-order valence-electron chi connectivity index (χ0n) is 18.1. The topological polar surface area (TPSA) is 74.6 Å². The molecule has 0 heterocycles. The smallest absolute Gasteiger partial charge is 0.335 e. The van der Waals surface area contributed by atoms with E-state index in [9.17, 15) is 14.7 Å². The second-order valence-corrected chi connectivity index (χ2v) is 9.68. The van der Waals surface area contributed by atoms with E-state index >= 15 is 0 Å². The van der Waals surface area contributed by atoms with Crippen LogP contribution >= 0.6 is 0 Å². The highest BCUT2D eigenvalue weighted by Crippen LogP contribution is 2.43. The molecular formula is C26H32O4. The van der Waals surface area contributed by atoms with Crippen molar-refractivity contribution in [3.05, 3.63) is 70.8 Å². The highest BCUT2D eigenvalue weighted by Gasteiger charge is 2.30. The number of carboxylic acid groups (broad SMARTS) is 2. The van der Waals surface area contributed by atoms with Gasteiger partial charge in [0.25, 0.3) is 0 Å². The minimum atomic E-state index is -0.983. The van der Waals surface area contributed by atoms with E-state index in [0.717, 1.165) is 17.0 Å². The summed E-state index contributed by atoms with van der Waals surface area (Å²) in [6.45, 7) is 6.98. The van der Waals surface area contributed by atoms with Crippen LogP contribution in [0.25, 0.3) is 0 Å². The Bertz CT molecular complexity index is 867. The van der Waals surface area contributed by atoms with Crippen molar-refractivity contribution in [2.24, 2.45) is 11.3 Å². The Balaban J connectivity index is 1.68. The lowest BCUT2D eigenvalue weighted by molar-refractivity contribution is -0.138. The Morgan fingerprint density at radius 2 is 1.47 bits per heavy atom. The van der Waals surface area contributed by atoms with Gasteiger partial charge < -0.3 is 10.2 Å². The maximum Gasteiger partial charge on any atom is 0.335 e. The van der Waals surface area contributed by atoms with Crippen molar-refractivity contribution in [3.63, 3.8) is 0 Å². The predicted octanol–water partition coefficient (Wildman–Crippen LogP) is 6.12. The zero-order chi connectivity index (χ0) is 21.9. The molecule has 2 aromatic carbocycles. The van der Waals surface area contributed by atoms with Crippen LogP contribution in [0.15, 0.2) is 48.5 Å². The fraction of sp³-hybridized carbons (Fsp3) is 0.462. The van der Waals surface area contributed by atoms with Gasteiger partial charge in [-0.05, 0) is 78.2 Å². The average molecular weight is 409 g/mol. The van der Waals surface area contributed by atoms with Gasteiger partial charge in [-0.15, -0.1) is 0 Å². The minimum absolute atomic E-state index is 0.205.